The number of sulfonamides is 2. The van der Waals surface area contributed by atoms with Gasteiger partial charge in [0, 0.05) is 16.8 Å². The van der Waals surface area contributed by atoms with E-state index < -0.39 is 26.0 Å². The van der Waals surface area contributed by atoms with Gasteiger partial charge < -0.3 is 10.1 Å². The Morgan fingerprint density at radius 1 is 0.833 bits per heavy atom. The Morgan fingerprint density at radius 2 is 1.44 bits per heavy atom. The van der Waals surface area contributed by atoms with E-state index in [4.69, 9.17) is 27.9 Å². The smallest absolute Gasteiger partial charge is 0.261 e. The summed E-state index contributed by atoms with van der Waals surface area (Å²) in [4.78, 5) is 12.2. The zero-order chi connectivity index (χ0) is 26.7. The maximum Gasteiger partial charge on any atom is 0.261 e. The molecule has 13 heteroatoms. The van der Waals surface area contributed by atoms with Gasteiger partial charge in [-0.25, -0.2) is 16.8 Å². The number of carbonyl (C=O) groups is 1. The minimum atomic E-state index is -4.11. The van der Waals surface area contributed by atoms with E-state index in [-0.39, 0.29) is 43.5 Å². The molecule has 1 amide bonds. The van der Waals surface area contributed by atoms with Crippen molar-refractivity contribution in [2.24, 2.45) is 0 Å². The summed E-state index contributed by atoms with van der Waals surface area (Å²) in [7, 11) is -6.74. The van der Waals surface area contributed by atoms with Gasteiger partial charge in [-0.1, -0.05) is 23.2 Å². The number of hydrogen-bond acceptors (Lipinski definition) is 6. The minimum Gasteiger partial charge on any atom is -0.496 e. The van der Waals surface area contributed by atoms with Crippen molar-refractivity contribution < 1.29 is 26.4 Å². The molecular weight excluding hydrogens is 549 g/mol. The molecular formula is C23H23Cl2N3O6S2. The number of amides is 1. The molecule has 3 N–H and O–H groups in total. The Bertz CT molecular complexity index is 1490. The summed E-state index contributed by atoms with van der Waals surface area (Å²) in [6.45, 7) is 3.55. The fourth-order valence-electron chi connectivity index (χ4n) is 3.06. The minimum absolute atomic E-state index is 0.0578. The first-order valence-electron chi connectivity index (χ1n) is 10.4. The monoisotopic (exact) mass is 571 g/mol. The van der Waals surface area contributed by atoms with Crippen LogP contribution in [0.5, 0.6) is 5.75 Å². The van der Waals surface area contributed by atoms with E-state index in [1.807, 2.05) is 0 Å². The second kappa shape index (κ2) is 11.0. The molecule has 0 aliphatic heterocycles. The van der Waals surface area contributed by atoms with Crippen molar-refractivity contribution in [1.29, 1.82) is 0 Å². The van der Waals surface area contributed by atoms with E-state index in [1.165, 1.54) is 67.8 Å². The van der Waals surface area contributed by atoms with Gasteiger partial charge in [0.05, 0.1) is 33.2 Å². The SMILES string of the molecule is COc1ccc(S(=O)(=O)Nc2ccc(S(=O)(=O)Nc3ccc(Cl)cc3Cl)cc2)cc1C(=O)NC(C)C. The average molecular weight is 572 g/mol. The van der Waals surface area contributed by atoms with Gasteiger partial charge in [-0.2, -0.15) is 0 Å². The Kier molecular flexibility index (Phi) is 8.40. The van der Waals surface area contributed by atoms with Crippen LogP contribution >= 0.6 is 23.2 Å². The highest BCUT2D eigenvalue weighted by Crippen LogP contribution is 2.28. The first-order chi connectivity index (χ1) is 16.8. The van der Waals surface area contributed by atoms with E-state index in [9.17, 15) is 21.6 Å². The van der Waals surface area contributed by atoms with Crippen molar-refractivity contribution in [2.75, 3.05) is 16.6 Å². The summed E-state index contributed by atoms with van der Waals surface area (Å²) in [6.07, 6.45) is 0. The molecule has 3 aromatic carbocycles. The van der Waals surface area contributed by atoms with Gasteiger partial charge in [0.15, 0.2) is 0 Å². The molecule has 0 heterocycles. The predicted molar refractivity (Wildman–Crippen MR) is 140 cm³/mol. The fourth-order valence-corrected chi connectivity index (χ4v) is 5.74. The lowest BCUT2D eigenvalue weighted by atomic mass is 10.2. The van der Waals surface area contributed by atoms with Gasteiger partial charge in [-0.05, 0) is 74.5 Å². The number of hydrogen-bond donors (Lipinski definition) is 3. The largest absolute Gasteiger partial charge is 0.496 e. The normalized spacial score (nSPS) is 11.7. The van der Waals surface area contributed by atoms with Crippen molar-refractivity contribution >= 4 is 60.5 Å². The van der Waals surface area contributed by atoms with Crippen LogP contribution in [0.4, 0.5) is 11.4 Å². The molecule has 0 spiro atoms. The second-order valence-electron chi connectivity index (χ2n) is 7.85. The highest BCUT2D eigenvalue weighted by Gasteiger charge is 2.21. The number of halogens is 2. The van der Waals surface area contributed by atoms with Gasteiger partial charge >= 0.3 is 0 Å². The number of carbonyl (C=O) groups excluding carboxylic acids is 1. The summed E-state index contributed by atoms with van der Waals surface area (Å²) in [5.74, 6) is -0.267. The van der Waals surface area contributed by atoms with Crippen LogP contribution in [0, 0.1) is 0 Å². The van der Waals surface area contributed by atoms with E-state index in [1.54, 1.807) is 13.8 Å². The Labute approximate surface area is 219 Å². The van der Waals surface area contributed by atoms with Crippen LogP contribution in [0.1, 0.15) is 24.2 Å². The second-order valence-corrected chi connectivity index (χ2v) is 12.1. The molecule has 3 aromatic rings. The topological polar surface area (TPSA) is 131 Å². The highest BCUT2D eigenvalue weighted by molar-refractivity contribution is 7.93. The van der Waals surface area contributed by atoms with Crippen LogP contribution in [0.15, 0.2) is 70.5 Å². The van der Waals surface area contributed by atoms with Crippen LogP contribution in [0.3, 0.4) is 0 Å². The molecule has 9 nitrogen and oxygen atoms in total. The Hall–Kier alpha value is -2.99. The fraction of sp³-hybridized carbons (Fsp3) is 0.174. The van der Waals surface area contributed by atoms with Gasteiger partial charge in [-0.3, -0.25) is 14.2 Å². The maximum atomic E-state index is 12.9. The van der Waals surface area contributed by atoms with Crippen LogP contribution in [-0.2, 0) is 20.0 Å². The van der Waals surface area contributed by atoms with Crippen LogP contribution in [0.25, 0.3) is 0 Å². The van der Waals surface area contributed by atoms with Crippen molar-refractivity contribution in [3.63, 3.8) is 0 Å². The zero-order valence-electron chi connectivity index (χ0n) is 19.4. The molecule has 3 rings (SSSR count). The number of nitrogens with one attached hydrogen (secondary N) is 3. The molecule has 0 bridgehead atoms. The van der Waals surface area contributed by atoms with Crippen molar-refractivity contribution in [1.82, 2.24) is 5.32 Å². The van der Waals surface area contributed by atoms with Gasteiger partial charge in [0.1, 0.15) is 5.75 Å². The van der Waals surface area contributed by atoms with Crippen molar-refractivity contribution in [2.45, 2.75) is 29.7 Å². The molecule has 0 atom stereocenters. The first-order valence-corrected chi connectivity index (χ1v) is 14.1. The van der Waals surface area contributed by atoms with Gasteiger partial charge in [-0.15, -0.1) is 0 Å². The molecule has 0 fully saturated rings. The summed E-state index contributed by atoms with van der Waals surface area (Å²) in [5.41, 5.74) is 0.313. The number of rotatable bonds is 9. The molecule has 0 aliphatic carbocycles. The third-order valence-corrected chi connectivity index (χ3v) is 8.05. The van der Waals surface area contributed by atoms with Crippen molar-refractivity contribution in [3.8, 4) is 5.75 Å². The molecule has 192 valence electrons. The Morgan fingerprint density at radius 3 is 2.03 bits per heavy atom. The first kappa shape index (κ1) is 27.6. The number of ether oxygens (including phenoxy) is 1. The van der Waals surface area contributed by atoms with Crippen LogP contribution in [-0.4, -0.2) is 35.9 Å². The number of methoxy groups -OCH3 is 1. The standard InChI is InChI=1S/C23H23Cl2N3O6S2/c1-14(2)26-23(29)19-13-18(9-11-22(19)34-3)36(32,33)27-16-5-7-17(8-6-16)35(30,31)28-21-10-4-15(24)12-20(21)25/h4-14,27-28H,1-3H3,(H,26,29). The lowest BCUT2D eigenvalue weighted by molar-refractivity contribution is 0.0940. The zero-order valence-corrected chi connectivity index (χ0v) is 22.5. The molecule has 36 heavy (non-hydrogen) atoms. The molecule has 0 saturated carbocycles. The van der Waals surface area contributed by atoms with E-state index >= 15 is 0 Å². The molecule has 0 aliphatic rings. The average Bonchev–Trinajstić information content (AvgIpc) is 2.80. The number of benzene rings is 3. The summed E-state index contributed by atoms with van der Waals surface area (Å²) >= 11 is 11.9. The van der Waals surface area contributed by atoms with Crippen LogP contribution in [0.2, 0.25) is 10.0 Å². The molecule has 0 unspecified atom stereocenters. The molecule has 0 aromatic heterocycles. The lowest BCUT2D eigenvalue weighted by Crippen LogP contribution is -2.30. The van der Waals surface area contributed by atoms with Gasteiger partial charge in [0.2, 0.25) is 0 Å². The summed E-state index contributed by atoms with van der Waals surface area (Å²) in [6, 6.07) is 13.1. The Balaban J connectivity index is 1.82. The van der Waals surface area contributed by atoms with E-state index in [2.05, 4.69) is 14.8 Å². The van der Waals surface area contributed by atoms with Crippen molar-refractivity contribution in [3.05, 3.63) is 76.3 Å². The maximum absolute atomic E-state index is 12.9. The van der Waals surface area contributed by atoms with E-state index in [0.29, 0.717) is 5.02 Å². The van der Waals surface area contributed by atoms with Gasteiger partial charge in [0.25, 0.3) is 26.0 Å². The quantitative estimate of drug-likeness (QED) is 0.340. The van der Waals surface area contributed by atoms with E-state index in [0.717, 1.165) is 0 Å². The molecule has 0 radical (unpaired) electrons. The predicted octanol–water partition coefficient (Wildman–Crippen LogP) is 4.74. The lowest BCUT2D eigenvalue weighted by Gasteiger charge is -2.14. The molecule has 0 saturated heterocycles. The highest BCUT2D eigenvalue weighted by atomic mass is 35.5. The third-order valence-electron chi connectivity index (χ3n) is 4.74. The summed E-state index contributed by atoms with van der Waals surface area (Å²) in [5, 5.41) is 3.17. The van der Waals surface area contributed by atoms with Crippen LogP contribution < -0.4 is 19.5 Å². The summed E-state index contributed by atoms with van der Waals surface area (Å²) < 4.78 is 61.2. The third kappa shape index (κ3) is 6.61. The number of anilines is 2.